The monoisotopic (exact) mass is 308 g/mol. The quantitative estimate of drug-likeness (QED) is 0.481. The summed E-state index contributed by atoms with van der Waals surface area (Å²) < 4.78 is 0.769. The fourth-order valence-corrected chi connectivity index (χ4v) is 3.26. The van der Waals surface area contributed by atoms with E-state index in [1.54, 1.807) is 30.0 Å². The van der Waals surface area contributed by atoms with Gasteiger partial charge in [0.2, 0.25) is 5.12 Å². The molecule has 104 valence electrons. The molecule has 0 N–H and O–H groups in total. The molecule has 1 heterocycles. The van der Waals surface area contributed by atoms with Crippen LogP contribution in [0, 0.1) is 10.1 Å². The van der Waals surface area contributed by atoms with Gasteiger partial charge in [0.05, 0.1) is 4.92 Å². The summed E-state index contributed by atoms with van der Waals surface area (Å²) >= 11 is 2.71. The highest BCUT2D eigenvalue weighted by atomic mass is 32.2. The van der Waals surface area contributed by atoms with Crippen molar-refractivity contribution in [2.45, 2.75) is 13.3 Å². The molecule has 0 aliphatic carbocycles. The zero-order valence-electron chi connectivity index (χ0n) is 10.7. The molecule has 0 aromatic heterocycles. The van der Waals surface area contributed by atoms with Gasteiger partial charge in [-0.05, 0) is 47.7 Å². The first-order chi connectivity index (χ1) is 9.60. The van der Waals surface area contributed by atoms with E-state index in [1.807, 2.05) is 0 Å². The Kier molecular flexibility index (Phi) is 4.97. The van der Waals surface area contributed by atoms with Crippen molar-refractivity contribution in [2.24, 2.45) is 4.99 Å². The Morgan fingerprint density at radius 3 is 2.70 bits per heavy atom. The molecule has 0 radical (unpaired) electrons. The smallest absolute Gasteiger partial charge is 0.269 e. The minimum Gasteiger partial charge on any atom is -0.279 e. The fourth-order valence-electron chi connectivity index (χ4n) is 1.49. The molecule has 1 aromatic rings. The molecule has 7 heteroatoms. The molecule has 0 spiro atoms. The zero-order chi connectivity index (χ0) is 14.5. The van der Waals surface area contributed by atoms with Crippen LogP contribution in [-0.2, 0) is 4.79 Å². The average molecular weight is 308 g/mol. The largest absolute Gasteiger partial charge is 0.279 e. The summed E-state index contributed by atoms with van der Waals surface area (Å²) in [6.45, 7) is 2.07. The van der Waals surface area contributed by atoms with Crippen molar-refractivity contribution in [3.05, 3.63) is 45.6 Å². The molecule has 0 fully saturated rings. The number of thioether (sulfide) groups is 2. The van der Waals surface area contributed by atoms with Crippen molar-refractivity contribution in [3.8, 4) is 0 Å². The fraction of sp³-hybridized carbons (Fsp3) is 0.231. The van der Waals surface area contributed by atoms with E-state index < -0.39 is 4.92 Å². The summed E-state index contributed by atoms with van der Waals surface area (Å²) in [7, 11) is 0. The van der Waals surface area contributed by atoms with Crippen molar-refractivity contribution in [3.63, 3.8) is 0 Å². The van der Waals surface area contributed by atoms with Crippen LogP contribution in [0.15, 0.2) is 35.0 Å². The topological polar surface area (TPSA) is 72.6 Å². The van der Waals surface area contributed by atoms with Crippen molar-refractivity contribution < 1.29 is 9.72 Å². The van der Waals surface area contributed by atoms with Crippen LogP contribution in [0.2, 0.25) is 0 Å². The number of hydrogen-bond donors (Lipinski definition) is 0. The standard InChI is InChI=1S/C13H12N2O3S2/c1-2-7-19-13-14-11(12(16)20-13)8-9-3-5-10(6-4-9)15(17)18/h3-6,8H,2,7H2,1H3/b11-8-. The lowest BCUT2D eigenvalue weighted by Gasteiger charge is -1.94. The van der Waals surface area contributed by atoms with Gasteiger partial charge in [-0.15, -0.1) is 0 Å². The molecule has 0 unspecified atom stereocenters. The molecule has 0 amide bonds. The van der Waals surface area contributed by atoms with Gasteiger partial charge in [0.1, 0.15) is 10.1 Å². The molecule has 5 nitrogen and oxygen atoms in total. The average Bonchev–Trinajstić information content (AvgIpc) is 2.77. The van der Waals surface area contributed by atoms with Crippen LogP contribution >= 0.6 is 23.5 Å². The Morgan fingerprint density at radius 1 is 1.40 bits per heavy atom. The second-order valence-corrected chi connectivity index (χ2v) is 6.30. The van der Waals surface area contributed by atoms with Gasteiger partial charge in [0, 0.05) is 12.1 Å². The maximum Gasteiger partial charge on any atom is 0.269 e. The summed E-state index contributed by atoms with van der Waals surface area (Å²) in [5, 5.41) is 10.5. The van der Waals surface area contributed by atoms with E-state index in [0.717, 1.165) is 33.9 Å². The minimum absolute atomic E-state index is 0.0296. The number of nitro groups is 1. The van der Waals surface area contributed by atoms with E-state index in [1.165, 1.54) is 12.1 Å². The van der Waals surface area contributed by atoms with Crippen LogP contribution in [-0.4, -0.2) is 20.2 Å². The summed E-state index contributed by atoms with van der Waals surface area (Å²) in [4.78, 5) is 26.2. The van der Waals surface area contributed by atoms with E-state index in [4.69, 9.17) is 0 Å². The first-order valence-corrected chi connectivity index (χ1v) is 7.80. The van der Waals surface area contributed by atoms with E-state index in [-0.39, 0.29) is 10.8 Å². The lowest BCUT2D eigenvalue weighted by molar-refractivity contribution is -0.384. The number of aliphatic imine (C=N–C) groups is 1. The summed E-state index contributed by atoms with van der Waals surface area (Å²) in [5.74, 6) is 0.934. The third kappa shape index (κ3) is 3.71. The van der Waals surface area contributed by atoms with Crippen LogP contribution in [0.5, 0.6) is 0 Å². The van der Waals surface area contributed by atoms with Crippen molar-refractivity contribution in [2.75, 3.05) is 5.75 Å². The molecule has 0 saturated carbocycles. The van der Waals surface area contributed by atoms with Gasteiger partial charge in [-0.25, -0.2) is 4.99 Å². The molecule has 1 aliphatic rings. The number of rotatable bonds is 4. The Bertz CT molecular complexity index is 594. The Labute approximate surface area is 124 Å². The number of carbonyl (C=O) groups excluding carboxylic acids is 1. The van der Waals surface area contributed by atoms with Crippen LogP contribution in [0.1, 0.15) is 18.9 Å². The highest BCUT2D eigenvalue weighted by Crippen LogP contribution is 2.31. The maximum atomic E-state index is 11.8. The predicted molar refractivity (Wildman–Crippen MR) is 83.9 cm³/mol. The Balaban J connectivity index is 2.15. The van der Waals surface area contributed by atoms with Gasteiger partial charge in [-0.2, -0.15) is 0 Å². The van der Waals surface area contributed by atoms with Crippen LogP contribution < -0.4 is 0 Å². The van der Waals surface area contributed by atoms with E-state index in [9.17, 15) is 14.9 Å². The molecule has 0 atom stereocenters. The lowest BCUT2D eigenvalue weighted by atomic mass is 10.2. The lowest BCUT2D eigenvalue weighted by Crippen LogP contribution is -1.89. The van der Waals surface area contributed by atoms with Gasteiger partial charge < -0.3 is 0 Å². The first kappa shape index (κ1) is 14.8. The maximum absolute atomic E-state index is 11.8. The number of nitrogens with zero attached hydrogens (tertiary/aromatic N) is 2. The van der Waals surface area contributed by atoms with Gasteiger partial charge in [-0.3, -0.25) is 14.9 Å². The van der Waals surface area contributed by atoms with E-state index in [0.29, 0.717) is 5.70 Å². The molecule has 1 aliphatic heterocycles. The highest BCUT2D eigenvalue weighted by molar-refractivity contribution is 8.45. The molecule has 0 bridgehead atoms. The molecular formula is C13H12N2O3S2. The SMILES string of the molecule is CCCSC1=N/C(=C\c2ccc([N+](=O)[O-])cc2)C(=O)S1. The second kappa shape index (κ2) is 6.71. The van der Waals surface area contributed by atoms with Crippen molar-refractivity contribution >= 4 is 44.8 Å². The predicted octanol–water partition coefficient (Wildman–Crippen LogP) is 3.71. The second-order valence-electron chi connectivity index (χ2n) is 3.99. The van der Waals surface area contributed by atoms with Crippen molar-refractivity contribution in [1.29, 1.82) is 0 Å². The van der Waals surface area contributed by atoms with E-state index in [2.05, 4.69) is 11.9 Å². The summed E-state index contributed by atoms with van der Waals surface area (Å²) in [5.41, 5.74) is 1.15. The Hall–Kier alpha value is -1.60. The van der Waals surface area contributed by atoms with Gasteiger partial charge >= 0.3 is 0 Å². The molecule has 1 aromatic carbocycles. The summed E-state index contributed by atoms with van der Waals surface area (Å²) in [6, 6.07) is 6.04. The van der Waals surface area contributed by atoms with Crippen molar-refractivity contribution in [1.82, 2.24) is 0 Å². The van der Waals surface area contributed by atoms with Gasteiger partial charge in [0.25, 0.3) is 5.69 Å². The number of non-ortho nitro benzene ring substituents is 1. The number of benzene rings is 1. The number of carbonyl (C=O) groups is 1. The van der Waals surface area contributed by atoms with Gasteiger partial charge in [-0.1, -0.05) is 18.7 Å². The Morgan fingerprint density at radius 2 is 2.10 bits per heavy atom. The number of hydrogen-bond acceptors (Lipinski definition) is 6. The minimum atomic E-state index is -0.453. The number of nitro benzene ring substituents is 1. The van der Waals surface area contributed by atoms with Gasteiger partial charge in [0.15, 0.2) is 0 Å². The van der Waals surface area contributed by atoms with Crippen LogP contribution in [0.4, 0.5) is 5.69 Å². The molecule has 2 rings (SSSR count). The molecular weight excluding hydrogens is 296 g/mol. The van der Waals surface area contributed by atoms with Crippen LogP contribution in [0.3, 0.4) is 0 Å². The zero-order valence-corrected chi connectivity index (χ0v) is 12.4. The molecule has 20 heavy (non-hydrogen) atoms. The third-order valence-corrected chi connectivity index (χ3v) is 4.65. The summed E-state index contributed by atoms with van der Waals surface area (Å²) in [6.07, 6.45) is 2.68. The van der Waals surface area contributed by atoms with Crippen LogP contribution in [0.25, 0.3) is 6.08 Å². The normalized spacial score (nSPS) is 16.6. The highest BCUT2D eigenvalue weighted by Gasteiger charge is 2.22. The van der Waals surface area contributed by atoms with E-state index >= 15 is 0 Å². The molecule has 0 saturated heterocycles. The first-order valence-electron chi connectivity index (χ1n) is 6.00. The third-order valence-electron chi connectivity index (χ3n) is 2.44.